The van der Waals surface area contributed by atoms with Crippen molar-refractivity contribution < 1.29 is 9.13 Å². The lowest BCUT2D eigenvalue weighted by atomic mass is 10.1. The highest BCUT2D eigenvalue weighted by Crippen LogP contribution is 2.22. The smallest absolute Gasteiger partial charge is 0.165 e. The van der Waals surface area contributed by atoms with Crippen LogP contribution in [-0.2, 0) is 0 Å². The Balaban J connectivity index is 1.85. The van der Waals surface area contributed by atoms with Crippen LogP contribution in [0, 0.1) is 5.82 Å². The van der Waals surface area contributed by atoms with E-state index in [4.69, 9.17) is 4.74 Å². The van der Waals surface area contributed by atoms with Crippen molar-refractivity contribution in [1.29, 1.82) is 0 Å². The molecule has 1 aromatic rings. The van der Waals surface area contributed by atoms with Crippen LogP contribution in [0.25, 0.3) is 0 Å². The molecule has 1 fully saturated rings. The van der Waals surface area contributed by atoms with Crippen molar-refractivity contribution in [1.82, 2.24) is 10.2 Å². The van der Waals surface area contributed by atoms with Crippen LogP contribution in [0.15, 0.2) is 18.2 Å². The number of likely N-dealkylation sites (tertiary alicyclic amines) is 1. The van der Waals surface area contributed by atoms with Crippen molar-refractivity contribution in [3.8, 4) is 5.75 Å². The summed E-state index contributed by atoms with van der Waals surface area (Å²) in [6.07, 6.45) is 2.54. The zero-order valence-electron chi connectivity index (χ0n) is 12.5. The number of ether oxygens (including phenoxy) is 1. The lowest BCUT2D eigenvalue weighted by Crippen LogP contribution is -2.25. The number of nitrogens with one attached hydrogen (secondary N) is 1. The summed E-state index contributed by atoms with van der Waals surface area (Å²) in [5.41, 5.74) is 0.955. The average molecular weight is 280 g/mol. The van der Waals surface area contributed by atoms with E-state index in [0.29, 0.717) is 12.4 Å². The summed E-state index contributed by atoms with van der Waals surface area (Å²) in [4.78, 5) is 2.36. The van der Waals surface area contributed by atoms with E-state index in [1.807, 2.05) is 19.9 Å². The molecule has 112 valence electrons. The molecule has 1 aliphatic heterocycles. The van der Waals surface area contributed by atoms with Gasteiger partial charge >= 0.3 is 0 Å². The standard InChI is InChI=1S/C16H25FN2O/c1-3-18-13(2)14-6-7-16(15(17)12-14)20-11-10-19-8-4-5-9-19/h6-7,12-13,18H,3-5,8-11H2,1-2H3. The quantitative estimate of drug-likeness (QED) is 0.831. The second-order valence-corrected chi connectivity index (χ2v) is 5.37. The molecule has 1 N–H and O–H groups in total. The van der Waals surface area contributed by atoms with Crippen molar-refractivity contribution in [2.45, 2.75) is 32.7 Å². The Morgan fingerprint density at radius 3 is 2.75 bits per heavy atom. The minimum Gasteiger partial charge on any atom is -0.489 e. The fourth-order valence-corrected chi connectivity index (χ4v) is 2.62. The van der Waals surface area contributed by atoms with E-state index in [-0.39, 0.29) is 11.9 Å². The minimum absolute atomic E-state index is 0.160. The second-order valence-electron chi connectivity index (χ2n) is 5.37. The summed E-state index contributed by atoms with van der Waals surface area (Å²) in [5.74, 6) is 0.0883. The highest BCUT2D eigenvalue weighted by molar-refractivity contribution is 5.30. The predicted octanol–water partition coefficient (Wildman–Crippen LogP) is 2.97. The first-order valence-corrected chi connectivity index (χ1v) is 7.58. The summed E-state index contributed by atoms with van der Waals surface area (Å²) in [5, 5.41) is 3.27. The average Bonchev–Trinajstić information content (AvgIpc) is 2.94. The van der Waals surface area contributed by atoms with E-state index >= 15 is 0 Å². The summed E-state index contributed by atoms with van der Waals surface area (Å²) in [6, 6.07) is 5.40. The van der Waals surface area contributed by atoms with E-state index < -0.39 is 0 Å². The molecule has 0 bridgehead atoms. The van der Waals surface area contributed by atoms with Gasteiger partial charge in [0, 0.05) is 12.6 Å². The van der Waals surface area contributed by atoms with Gasteiger partial charge < -0.3 is 10.1 Å². The minimum atomic E-state index is -0.270. The number of nitrogens with zero attached hydrogens (tertiary/aromatic N) is 1. The molecule has 1 heterocycles. The van der Waals surface area contributed by atoms with Crippen LogP contribution in [0.3, 0.4) is 0 Å². The van der Waals surface area contributed by atoms with Crippen LogP contribution < -0.4 is 10.1 Å². The molecule has 0 radical (unpaired) electrons. The summed E-state index contributed by atoms with van der Waals surface area (Å²) in [7, 11) is 0. The molecular formula is C16H25FN2O. The van der Waals surface area contributed by atoms with Gasteiger partial charge in [-0.1, -0.05) is 13.0 Å². The van der Waals surface area contributed by atoms with Crippen LogP contribution in [0.4, 0.5) is 4.39 Å². The highest BCUT2D eigenvalue weighted by Gasteiger charge is 2.12. The van der Waals surface area contributed by atoms with Crippen molar-refractivity contribution in [2.24, 2.45) is 0 Å². The normalized spacial score (nSPS) is 17.4. The number of hydrogen-bond donors (Lipinski definition) is 1. The molecule has 1 atom stereocenters. The Morgan fingerprint density at radius 1 is 1.35 bits per heavy atom. The molecule has 0 saturated carbocycles. The fourth-order valence-electron chi connectivity index (χ4n) is 2.62. The van der Waals surface area contributed by atoms with Crippen molar-refractivity contribution in [3.05, 3.63) is 29.6 Å². The maximum Gasteiger partial charge on any atom is 0.165 e. The molecule has 4 heteroatoms. The number of rotatable bonds is 7. The zero-order valence-corrected chi connectivity index (χ0v) is 12.5. The van der Waals surface area contributed by atoms with Crippen molar-refractivity contribution in [2.75, 3.05) is 32.8 Å². The lowest BCUT2D eigenvalue weighted by molar-refractivity contribution is 0.231. The van der Waals surface area contributed by atoms with E-state index in [1.165, 1.54) is 12.8 Å². The van der Waals surface area contributed by atoms with Crippen molar-refractivity contribution in [3.63, 3.8) is 0 Å². The Bertz CT molecular complexity index is 419. The number of benzene rings is 1. The Labute approximate surface area is 121 Å². The molecule has 20 heavy (non-hydrogen) atoms. The van der Waals surface area contributed by atoms with Crippen LogP contribution in [-0.4, -0.2) is 37.7 Å². The number of halogens is 1. The highest BCUT2D eigenvalue weighted by atomic mass is 19.1. The topological polar surface area (TPSA) is 24.5 Å². The molecule has 1 unspecified atom stereocenters. The first-order valence-electron chi connectivity index (χ1n) is 7.58. The summed E-state index contributed by atoms with van der Waals surface area (Å²) in [6.45, 7) is 8.68. The maximum atomic E-state index is 14.0. The van der Waals surface area contributed by atoms with Crippen LogP contribution in [0.1, 0.15) is 38.3 Å². The monoisotopic (exact) mass is 280 g/mol. The number of hydrogen-bond acceptors (Lipinski definition) is 3. The first kappa shape index (κ1) is 15.3. The lowest BCUT2D eigenvalue weighted by Gasteiger charge is -2.16. The fraction of sp³-hybridized carbons (Fsp3) is 0.625. The third-order valence-electron chi connectivity index (χ3n) is 3.83. The molecule has 0 spiro atoms. The van der Waals surface area contributed by atoms with Gasteiger partial charge in [-0.05, 0) is 57.1 Å². The SMILES string of the molecule is CCNC(C)c1ccc(OCCN2CCCC2)c(F)c1. The van der Waals surface area contributed by atoms with Gasteiger partial charge in [0.2, 0.25) is 0 Å². The van der Waals surface area contributed by atoms with Gasteiger partial charge in [-0.3, -0.25) is 4.90 Å². The molecule has 2 rings (SSSR count). The van der Waals surface area contributed by atoms with Crippen LogP contribution >= 0.6 is 0 Å². The maximum absolute atomic E-state index is 14.0. The van der Waals surface area contributed by atoms with Crippen LogP contribution in [0.2, 0.25) is 0 Å². The molecule has 0 aliphatic carbocycles. The van der Waals surface area contributed by atoms with Gasteiger partial charge in [-0.15, -0.1) is 0 Å². The van der Waals surface area contributed by atoms with Crippen LogP contribution in [0.5, 0.6) is 5.75 Å². The van der Waals surface area contributed by atoms with Gasteiger partial charge in [0.05, 0.1) is 0 Å². The molecule has 0 aromatic heterocycles. The molecule has 0 amide bonds. The van der Waals surface area contributed by atoms with Crippen molar-refractivity contribution >= 4 is 0 Å². The molecule has 3 nitrogen and oxygen atoms in total. The second kappa shape index (κ2) is 7.60. The van der Waals surface area contributed by atoms with Gasteiger partial charge in [0.15, 0.2) is 11.6 Å². The van der Waals surface area contributed by atoms with Gasteiger partial charge in [-0.25, -0.2) is 4.39 Å². The molecule has 1 saturated heterocycles. The third kappa shape index (κ3) is 4.18. The van der Waals surface area contributed by atoms with Gasteiger partial charge in [0.1, 0.15) is 6.61 Å². The third-order valence-corrected chi connectivity index (χ3v) is 3.83. The molecular weight excluding hydrogens is 255 g/mol. The van der Waals surface area contributed by atoms with E-state index in [2.05, 4.69) is 10.2 Å². The van der Waals surface area contributed by atoms with Gasteiger partial charge in [-0.2, -0.15) is 0 Å². The predicted molar refractivity (Wildman–Crippen MR) is 79.7 cm³/mol. The van der Waals surface area contributed by atoms with E-state index in [1.54, 1.807) is 12.1 Å². The summed E-state index contributed by atoms with van der Waals surface area (Å²) < 4.78 is 19.5. The first-order chi connectivity index (χ1) is 9.70. The Morgan fingerprint density at radius 2 is 2.10 bits per heavy atom. The van der Waals surface area contributed by atoms with E-state index in [9.17, 15) is 4.39 Å². The van der Waals surface area contributed by atoms with Gasteiger partial charge in [0.25, 0.3) is 0 Å². The zero-order chi connectivity index (χ0) is 14.4. The molecule has 1 aliphatic rings. The van der Waals surface area contributed by atoms with E-state index in [0.717, 1.165) is 31.7 Å². The molecule has 1 aromatic carbocycles. The Kier molecular flexibility index (Phi) is 5.80. The summed E-state index contributed by atoms with van der Waals surface area (Å²) >= 11 is 0. The Hall–Kier alpha value is -1.13. The largest absolute Gasteiger partial charge is 0.489 e.